The first-order valence-corrected chi connectivity index (χ1v) is 8.60. The van der Waals surface area contributed by atoms with Crippen LogP contribution in [0.4, 0.5) is 6.01 Å². The van der Waals surface area contributed by atoms with Gasteiger partial charge in [-0.05, 0) is 29.8 Å². The Morgan fingerprint density at radius 1 is 1.08 bits per heavy atom. The van der Waals surface area contributed by atoms with Crippen LogP contribution in [0.1, 0.15) is 11.5 Å². The lowest BCUT2D eigenvalue weighted by Crippen LogP contribution is -2.14. The van der Waals surface area contributed by atoms with Gasteiger partial charge in [0.25, 0.3) is 0 Å². The second kappa shape index (κ2) is 7.99. The number of carbonyl (C=O) groups is 1. The Morgan fingerprint density at radius 3 is 2.58 bits per heavy atom. The third-order valence-corrected chi connectivity index (χ3v) is 4.36. The van der Waals surface area contributed by atoms with Gasteiger partial charge in [-0.3, -0.25) is 10.1 Å². The van der Waals surface area contributed by atoms with Gasteiger partial charge in [0.2, 0.25) is 11.8 Å². The molecule has 24 heavy (non-hydrogen) atoms. The zero-order valence-electron chi connectivity index (χ0n) is 12.6. The molecule has 0 atom stereocenters. The van der Waals surface area contributed by atoms with Gasteiger partial charge in [0.1, 0.15) is 0 Å². The van der Waals surface area contributed by atoms with Crippen LogP contribution in [-0.2, 0) is 11.2 Å². The summed E-state index contributed by atoms with van der Waals surface area (Å²) in [6, 6.07) is 17.2. The number of benzene rings is 2. The molecule has 0 fully saturated rings. The third-order valence-electron chi connectivity index (χ3n) is 3.09. The lowest BCUT2D eigenvalue weighted by molar-refractivity contribution is -0.113. The number of carbonyl (C=O) groups excluding carboxylic acids is 1. The minimum atomic E-state index is -0.204. The zero-order chi connectivity index (χ0) is 16.8. The fourth-order valence-corrected chi connectivity index (χ4v) is 2.81. The van der Waals surface area contributed by atoms with Crippen molar-refractivity contribution >= 4 is 35.3 Å². The predicted molar refractivity (Wildman–Crippen MR) is 94.4 cm³/mol. The van der Waals surface area contributed by atoms with Crippen LogP contribution in [0, 0.1) is 0 Å². The standard InChI is InChI=1S/C17H14ClN3O2S/c18-13-6-8-14(9-7-13)24-11-15(22)19-17-21-20-16(23-17)10-12-4-2-1-3-5-12/h1-9H,10-11H2,(H,19,21,22). The predicted octanol–water partition coefficient (Wildman–Crippen LogP) is 4.04. The highest BCUT2D eigenvalue weighted by atomic mass is 35.5. The smallest absolute Gasteiger partial charge is 0.322 e. The van der Waals surface area contributed by atoms with Crippen molar-refractivity contribution in [3.05, 3.63) is 71.1 Å². The summed E-state index contributed by atoms with van der Waals surface area (Å²) in [6.07, 6.45) is 0.531. The highest BCUT2D eigenvalue weighted by molar-refractivity contribution is 8.00. The summed E-state index contributed by atoms with van der Waals surface area (Å²) in [5, 5.41) is 11.1. The molecule has 7 heteroatoms. The van der Waals surface area contributed by atoms with Crippen molar-refractivity contribution in [2.24, 2.45) is 0 Å². The van der Waals surface area contributed by atoms with Crippen LogP contribution in [0.3, 0.4) is 0 Å². The number of amides is 1. The molecule has 3 rings (SSSR count). The minimum absolute atomic E-state index is 0.114. The van der Waals surface area contributed by atoms with E-state index in [1.165, 1.54) is 11.8 Å². The van der Waals surface area contributed by atoms with Crippen molar-refractivity contribution in [2.75, 3.05) is 11.1 Å². The number of nitrogens with one attached hydrogen (secondary N) is 1. The van der Waals surface area contributed by atoms with Crippen molar-refractivity contribution in [3.63, 3.8) is 0 Å². The van der Waals surface area contributed by atoms with Gasteiger partial charge < -0.3 is 4.42 Å². The molecule has 0 aliphatic heterocycles. The lowest BCUT2D eigenvalue weighted by Gasteiger charge is -2.01. The maximum atomic E-state index is 11.9. The first-order valence-electron chi connectivity index (χ1n) is 7.23. The number of rotatable bonds is 6. The number of thioether (sulfide) groups is 1. The second-order valence-corrected chi connectivity index (χ2v) is 6.44. The van der Waals surface area contributed by atoms with Gasteiger partial charge in [0.15, 0.2) is 0 Å². The van der Waals surface area contributed by atoms with Crippen LogP contribution in [0.25, 0.3) is 0 Å². The number of anilines is 1. The van der Waals surface area contributed by atoms with Gasteiger partial charge in [-0.2, -0.15) is 0 Å². The summed E-state index contributed by atoms with van der Waals surface area (Å²) >= 11 is 7.23. The number of halogens is 1. The van der Waals surface area contributed by atoms with E-state index in [-0.39, 0.29) is 17.7 Å². The Kier molecular flexibility index (Phi) is 5.51. The SMILES string of the molecule is O=C(CSc1ccc(Cl)cc1)Nc1nnc(Cc2ccccc2)o1. The maximum absolute atomic E-state index is 11.9. The van der Waals surface area contributed by atoms with Crippen molar-refractivity contribution in [1.82, 2.24) is 10.2 Å². The van der Waals surface area contributed by atoms with Crippen LogP contribution in [0.5, 0.6) is 0 Å². The van der Waals surface area contributed by atoms with Crippen molar-refractivity contribution in [1.29, 1.82) is 0 Å². The van der Waals surface area contributed by atoms with E-state index in [4.69, 9.17) is 16.0 Å². The van der Waals surface area contributed by atoms with Gasteiger partial charge in [0.05, 0.1) is 12.2 Å². The van der Waals surface area contributed by atoms with E-state index in [0.29, 0.717) is 17.3 Å². The Balaban J connectivity index is 1.50. The summed E-state index contributed by atoms with van der Waals surface area (Å²) in [5.41, 5.74) is 1.07. The number of nitrogens with zero attached hydrogens (tertiary/aromatic N) is 2. The molecule has 1 N–H and O–H groups in total. The summed E-state index contributed by atoms with van der Waals surface area (Å²) in [4.78, 5) is 12.9. The molecule has 122 valence electrons. The monoisotopic (exact) mass is 359 g/mol. The number of aromatic nitrogens is 2. The summed E-state index contributed by atoms with van der Waals surface area (Å²) in [6.45, 7) is 0. The van der Waals surface area contributed by atoms with E-state index in [1.54, 1.807) is 12.1 Å². The number of hydrogen-bond acceptors (Lipinski definition) is 5. The van der Waals surface area contributed by atoms with E-state index in [0.717, 1.165) is 10.5 Å². The van der Waals surface area contributed by atoms with E-state index in [9.17, 15) is 4.79 Å². The molecule has 3 aromatic rings. The molecule has 0 bridgehead atoms. The van der Waals surface area contributed by atoms with E-state index >= 15 is 0 Å². The molecule has 0 unspecified atom stereocenters. The second-order valence-electron chi connectivity index (χ2n) is 4.95. The average Bonchev–Trinajstić information content (AvgIpc) is 3.02. The molecule has 0 radical (unpaired) electrons. The largest absolute Gasteiger partial charge is 0.407 e. The van der Waals surface area contributed by atoms with Crippen LogP contribution in [0.15, 0.2) is 63.9 Å². The summed E-state index contributed by atoms with van der Waals surface area (Å²) in [5.74, 6) is 0.504. The van der Waals surface area contributed by atoms with E-state index in [1.807, 2.05) is 42.5 Å². The Labute approximate surface area is 148 Å². The summed E-state index contributed by atoms with van der Waals surface area (Å²) < 4.78 is 5.45. The molecule has 0 saturated carbocycles. The molecule has 0 aliphatic carbocycles. The Morgan fingerprint density at radius 2 is 1.83 bits per heavy atom. The molecule has 0 saturated heterocycles. The fourth-order valence-electron chi connectivity index (χ4n) is 1.98. The zero-order valence-corrected chi connectivity index (χ0v) is 14.2. The van der Waals surface area contributed by atoms with Crippen molar-refractivity contribution in [3.8, 4) is 0 Å². The normalized spacial score (nSPS) is 10.5. The number of hydrogen-bond donors (Lipinski definition) is 1. The summed E-state index contributed by atoms with van der Waals surface area (Å²) in [7, 11) is 0. The van der Waals surface area contributed by atoms with E-state index in [2.05, 4.69) is 15.5 Å². The third kappa shape index (κ3) is 4.84. The maximum Gasteiger partial charge on any atom is 0.322 e. The van der Waals surface area contributed by atoms with Gasteiger partial charge in [-0.1, -0.05) is 47.0 Å². The quantitative estimate of drug-likeness (QED) is 0.672. The first kappa shape index (κ1) is 16.5. The Hall–Kier alpha value is -2.31. The topological polar surface area (TPSA) is 68.0 Å². The van der Waals surface area contributed by atoms with E-state index < -0.39 is 0 Å². The molecule has 1 heterocycles. The molecule has 0 spiro atoms. The average molecular weight is 360 g/mol. The van der Waals surface area contributed by atoms with Gasteiger partial charge >= 0.3 is 6.01 Å². The molecule has 0 aliphatic rings. The van der Waals surface area contributed by atoms with Crippen molar-refractivity contribution < 1.29 is 9.21 Å². The van der Waals surface area contributed by atoms with Crippen molar-refractivity contribution in [2.45, 2.75) is 11.3 Å². The molecular weight excluding hydrogens is 346 g/mol. The van der Waals surface area contributed by atoms with Gasteiger partial charge in [-0.25, -0.2) is 0 Å². The Bertz CT molecular complexity index is 806. The molecular formula is C17H14ClN3O2S. The van der Waals surface area contributed by atoms with Gasteiger partial charge in [-0.15, -0.1) is 16.9 Å². The highest BCUT2D eigenvalue weighted by Crippen LogP contribution is 2.20. The fraction of sp³-hybridized carbons (Fsp3) is 0.118. The van der Waals surface area contributed by atoms with Crippen LogP contribution in [-0.4, -0.2) is 21.9 Å². The first-order chi connectivity index (χ1) is 11.7. The van der Waals surface area contributed by atoms with Crippen LogP contribution in [0.2, 0.25) is 5.02 Å². The lowest BCUT2D eigenvalue weighted by atomic mass is 10.2. The minimum Gasteiger partial charge on any atom is -0.407 e. The molecule has 5 nitrogen and oxygen atoms in total. The van der Waals surface area contributed by atoms with Gasteiger partial charge in [0, 0.05) is 9.92 Å². The van der Waals surface area contributed by atoms with Crippen LogP contribution >= 0.6 is 23.4 Å². The van der Waals surface area contributed by atoms with Crippen LogP contribution < -0.4 is 5.32 Å². The molecule has 1 amide bonds. The molecule has 2 aromatic carbocycles. The highest BCUT2D eigenvalue weighted by Gasteiger charge is 2.10. The molecule has 1 aromatic heterocycles.